The zero-order valence-corrected chi connectivity index (χ0v) is 17.1. The van der Waals surface area contributed by atoms with Crippen molar-refractivity contribution >= 4 is 34.9 Å². The summed E-state index contributed by atoms with van der Waals surface area (Å²) in [6.07, 6.45) is 4.17. The average Bonchev–Trinajstić information content (AvgIpc) is 3.43. The van der Waals surface area contributed by atoms with Crippen LogP contribution in [0.2, 0.25) is 5.02 Å². The number of hydrogen-bond donors (Lipinski definition) is 0. The molecule has 0 aromatic heterocycles. The molecule has 0 N–H and O–H groups in total. The van der Waals surface area contributed by atoms with Crippen molar-refractivity contribution in [3.8, 4) is 5.75 Å². The maximum absolute atomic E-state index is 13.2. The van der Waals surface area contributed by atoms with Crippen LogP contribution < -0.4 is 9.64 Å². The summed E-state index contributed by atoms with van der Waals surface area (Å²) in [5, 5.41) is 0.387. The lowest BCUT2D eigenvalue weighted by Gasteiger charge is -2.22. The van der Waals surface area contributed by atoms with Crippen molar-refractivity contribution in [3.63, 3.8) is 0 Å². The number of imide groups is 1. The second-order valence-electron chi connectivity index (χ2n) is 8.11. The van der Waals surface area contributed by atoms with E-state index in [0.717, 1.165) is 6.42 Å². The number of carbonyl (C=O) groups excluding carboxylic acids is 3. The molecule has 2 fully saturated rings. The summed E-state index contributed by atoms with van der Waals surface area (Å²) in [5.41, 5.74) is 0.838. The van der Waals surface area contributed by atoms with E-state index in [4.69, 9.17) is 16.3 Å². The van der Waals surface area contributed by atoms with Crippen LogP contribution in [-0.4, -0.2) is 23.7 Å². The number of ether oxygens (including phenoxy) is 1. The Hall–Kier alpha value is -2.92. The number of hydrogen-bond acceptors (Lipinski definition) is 4. The highest BCUT2D eigenvalue weighted by molar-refractivity contribution is 6.31. The van der Waals surface area contributed by atoms with Crippen LogP contribution in [0.5, 0.6) is 5.75 Å². The summed E-state index contributed by atoms with van der Waals surface area (Å²) in [5.74, 6) is -0.725. The Morgan fingerprint density at radius 2 is 1.67 bits per heavy atom. The first-order valence-corrected chi connectivity index (χ1v) is 10.4. The fourth-order valence-corrected chi connectivity index (χ4v) is 5.15. The van der Waals surface area contributed by atoms with Crippen LogP contribution in [0.1, 0.15) is 23.7 Å². The standard InChI is InChI=1S/C24H20ClNO4/c1-13(22(27)14-5-3-2-4-6-14)30-19-10-9-17(25)12-18(19)26-23(28)20-15-7-8-16(11-15)21(20)24(26)29/h2-10,12-13,15-16,20-21H,11H2,1H3/t13-,15-,16+,20-,21+/m0/s1. The van der Waals surface area contributed by atoms with Crippen LogP contribution in [0, 0.1) is 23.7 Å². The molecular weight excluding hydrogens is 402 g/mol. The molecule has 0 spiro atoms. The van der Waals surface area contributed by atoms with E-state index in [1.165, 1.54) is 4.90 Å². The van der Waals surface area contributed by atoms with E-state index < -0.39 is 6.10 Å². The number of rotatable bonds is 5. The van der Waals surface area contributed by atoms with E-state index >= 15 is 0 Å². The number of amides is 2. The van der Waals surface area contributed by atoms with Gasteiger partial charge in [-0.15, -0.1) is 0 Å². The molecule has 0 radical (unpaired) electrons. The van der Waals surface area contributed by atoms with E-state index in [1.807, 2.05) is 6.07 Å². The number of Topliss-reactive ketones (excluding diaryl/α,β-unsaturated/α-hetero) is 1. The normalized spacial score (nSPS) is 27.5. The number of nitrogens with zero attached hydrogens (tertiary/aromatic N) is 1. The predicted molar refractivity (Wildman–Crippen MR) is 113 cm³/mol. The fraction of sp³-hybridized carbons (Fsp3) is 0.292. The first kappa shape index (κ1) is 19.1. The van der Waals surface area contributed by atoms with Crippen molar-refractivity contribution in [1.29, 1.82) is 0 Å². The minimum Gasteiger partial charge on any atom is -0.480 e. The van der Waals surface area contributed by atoms with Crippen molar-refractivity contribution < 1.29 is 19.1 Å². The van der Waals surface area contributed by atoms with E-state index in [-0.39, 0.29) is 47.0 Å². The van der Waals surface area contributed by atoms with Gasteiger partial charge in [0.15, 0.2) is 6.10 Å². The molecular formula is C24H20ClNO4. The lowest BCUT2D eigenvalue weighted by Crippen LogP contribution is -2.34. The second-order valence-corrected chi connectivity index (χ2v) is 8.55. The smallest absolute Gasteiger partial charge is 0.238 e. The summed E-state index contributed by atoms with van der Waals surface area (Å²) in [6.45, 7) is 1.65. The molecule has 0 unspecified atom stereocenters. The first-order chi connectivity index (χ1) is 14.5. The van der Waals surface area contributed by atoms with Crippen LogP contribution in [0.25, 0.3) is 0 Å². The van der Waals surface area contributed by atoms with Crippen LogP contribution in [0.15, 0.2) is 60.7 Å². The number of carbonyl (C=O) groups is 3. The van der Waals surface area contributed by atoms with Gasteiger partial charge in [-0.05, 0) is 43.4 Å². The van der Waals surface area contributed by atoms with Crippen LogP contribution >= 0.6 is 11.6 Å². The zero-order valence-electron chi connectivity index (χ0n) is 16.3. The van der Waals surface area contributed by atoms with Crippen molar-refractivity contribution in [3.05, 3.63) is 71.3 Å². The van der Waals surface area contributed by atoms with Crippen molar-refractivity contribution in [2.45, 2.75) is 19.4 Å². The zero-order chi connectivity index (χ0) is 21.0. The van der Waals surface area contributed by atoms with E-state index in [0.29, 0.717) is 16.3 Å². The minimum absolute atomic E-state index is 0.114. The molecule has 1 saturated carbocycles. The van der Waals surface area contributed by atoms with E-state index in [9.17, 15) is 14.4 Å². The van der Waals surface area contributed by atoms with Gasteiger partial charge in [0.25, 0.3) is 0 Å². The van der Waals surface area contributed by atoms with E-state index in [2.05, 4.69) is 12.2 Å². The largest absolute Gasteiger partial charge is 0.480 e. The van der Waals surface area contributed by atoms with Crippen molar-refractivity contribution in [2.24, 2.45) is 23.7 Å². The molecule has 3 aliphatic rings. The Morgan fingerprint density at radius 3 is 2.30 bits per heavy atom. The highest BCUT2D eigenvalue weighted by Gasteiger charge is 2.60. The van der Waals surface area contributed by atoms with Crippen molar-refractivity contribution in [1.82, 2.24) is 0 Å². The highest BCUT2D eigenvalue weighted by atomic mass is 35.5. The molecule has 2 amide bonds. The molecule has 5 nitrogen and oxygen atoms in total. The van der Waals surface area contributed by atoms with Gasteiger partial charge in [0.1, 0.15) is 5.75 Å². The topological polar surface area (TPSA) is 63.7 Å². The lowest BCUT2D eigenvalue weighted by atomic mass is 9.85. The third-order valence-electron chi connectivity index (χ3n) is 6.36. The quantitative estimate of drug-likeness (QED) is 0.410. The van der Waals surface area contributed by atoms with Gasteiger partial charge in [-0.3, -0.25) is 14.4 Å². The van der Waals surface area contributed by atoms with Gasteiger partial charge in [-0.1, -0.05) is 54.1 Å². The Labute approximate surface area is 179 Å². The third kappa shape index (κ3) is 2.88. The van der Waals surface area contributed by atoms with Crippen molar-refractivity contribution in [2.75, 3.05) is 4.90 Å². The first-order valence-electron chi connectivity index (χ1n) is 10.1. The lowest BCUT2D eigenvalue weighted by molar-refractivity contribution is -0.123. The summed E-state index contributed by atoms with van der Waals surface area (Å²) in [4.78, 5) is 40.3. The van der Waals surface area contributed by atoms with Gasteiger partial charge in [0.2, 0.25) is 17.6 Å². The number of allylic oxidation sites excluding steroid dienone is 2. The number of benzene rings is 2. The van der Waals surface area contributed by atoms with Gasteiger partial charge in [-0.25, -0.2) is 4.90 Å². The number of ketones is 1. The maximum Gasteiger partial charge on any atom is 0.238 e. The SMILES string of the molecule is C[C@H](Oc1ccc(Cl)cc1N1C(=O)[C@@H]2[C@H](C1=O)[C@@H]1C=C[C@H]2C1)C(=O)c1ccccc1. The van der Waals surface area contributed by atoms with Gasteiger partial charge in [0.05, 0.1) is 17.5 Å². The summed E-state index contributed by atoms with van der Waals surface area (Å²) in [7, 11) is 0. The maximum atomic E-state index is 13.2. The van der Waals surface area contributed by atoms with Crippen LogP contribution in [-0.2, 0) is 9.59 Å². The molecule has 2 aromatic carbocycles. The highest BCUT2D eigenvalue weighted by Crippen LogP contribution is 2.54. The van der Waals surface area contributed by atoms with Gasteiger partial charge in [0, 0.05) is 10.6 Å². The average molecular weight is 422 g/mol. The minimum atomic E-state index is -0.794. The molecule has 5 atom stereocenters. The number of halogens is 1. The molecule has 1 saturated heterocycles. The van der Waals surface area contributed by atoms with Crippen LogP contribution in [0.3, 0.4) is 0 Å². The van der Waals surface area contributed by atoms with Crippen LogP contribution in [0.4, 0.5) is 5.69 Å². The molecule has 2 aliphatic carbocycles. The van der Waals surface area contributed by atoms with Gasteiger partial charge in [-0.2, -0.15) is 0 Å². The monoisotopic (exact) mass is 421 g/mol. The van der Waals surface area contributed by atoms with Gasteiger partial charge >= 0.3 is 0 Å². The third-order valence-corrected chi connectivity index (χ3v) is 6.60. The number of fused-ring (bicyclic) bond motifs is 5. The summed E-state index contributed by atoms with van der Waals surface area (Å²) < 4.78 is 5.95. The predicted octanol–water partition coefficient (Wildman–Crippen LogP) is 4.30. The Morgan fingerprint density at radius 1 is 1.03 bits per heavy atom. The number of anilines is 1. The Balaban J connectivity index is 1.46. The molecule has 1 aliphatic heterocycles. The molecule has 1 heterocycles. The molecule has 2 aromatic rings. The Kier molecular flexibility index (Phi) is 4.51. The summed E-state index contributed by atoms with van der Waals surface area (Å²) >= 11 is 6.19. The van der Waals surface area contributed by atoms with E-state index in [1.54, 1.807) is 49.4 Å². The molecule has 6 heteroatoms. The van der Waals surface area contributed by atoms with Gasteiger partial charge < -0.3 is 4.74 Å². The summed E-state index contributed by atoms with van der Waals surface area (Å²) in [6, 6.07) is 13.6. The molecule has 5 rings (SSSR count). The molecule has 152 valence electrons. The fourth-order valence-electron chi connectivity index (χ4n) is 4.99. The Bertz CT molecular complexity index is 1050. The molecule has 2 bridgehead atoms. The molecule has 30 heavy (non-hydrogen) atoms. The second kappa shape index (κ2) is 7.10.